The lowest BCUT2D eigenvalue weighted by atomic mass is 10.0. The van der Waals surface area contributed by atoms with Crippen LogP contribution in [0.4, 0.5) is 5.82 Å². The van der Waals surface area contributed by atoms with Crippen molar-refractivity contribution >= 4 is 50.4 Å². The van der Waals surface area contributed by atoms with Crippen LogP contribution in [0.5, 0.6) is 0 Å². The van der Waals surface area contributed by atoms with E-state index in [4.69, 9.17) is 13.0 Å². The topological polar surface area (TPSA) is 51.1 Å². The molecule has 4 aromatic rings. The van der Waals surface area contributed by atoms with Gasteiger partial charge in [-0.3, -0.25) is 4.98 Å². The van der Waals surface area contributed by atoms with Crippen LogP contribution >= 0.6 is 34.3 Å². The summed E-state index contributed by atoms with van der Waals surface area (Å²) in [6.45, 7) is 1.80. The molecule has 1 aliphatic heterocycles. The number of benzene rings is 1. The van der Waals surface area contributed by atoms with Crippen LogP contribution in [0.15, 0.2) is 60.1 Å². The van der Waals surface area contributed by atoms with Crippen molar-refractivity contribution < 1.29 is 3.07 Å². The van der Waals surface area contributed by atoms with Crippen molar-refractivity contribution in [2.24, 2.45) is 0 Å². The average Bonchev–Trinajstić information content (AvgIpc) is 3.24. The minimum atomic E-state index is 0.214. The fraction of sp³-hybridized carbons (Fsp3) is 0.227. The third kappa shape index (κ3) is 3.74. The SMILES string of the molecule is IOC1CCCN(c2nc(-c3ccccn3)nc3scc(-c4ccccc4)c23)C1. The molecule has 1 aliphatic rings. The van der Waals surface area contributed by atoms with E-state index in [-0.39, 0.29) is 6.10 Å². The van der Waals surface area contributed by atoms with Gasteiger partial charge in [-0.2, -0.15) is 0 Å². The predicted octanol–water partition coefficient (Wildman–Crippen LogP) is 5.76. The summed E-state index contributed by atoms with van der Waals surface area (Å²) in [6.07, 6.45) is 4.16. The number of thiophene rings is 1. The minimum absolute atomic E-state index is 0.214. The molecule has 0 bridgehead atoms. The maximum absolute atomic E-state index is 5.64. The summed E-state index contributed by atoms with van der Waals surface area (Å²) in [5.74, 6) is 1.65. The monoisotopic (exact) mass is 514 g/mol. The highest BCUT2D eigenvalue weighted by atomic mass is 127. The Labute approximate surface area is 187 Å². The van der Waals surface area contributed by atoms with Gasteiger partial charge < -0.3 is 7.97 Å². The number of aromatic nitrogens is 3. The van der Waals surface area contributed by atoms with Crippen molar-refractivity contribution in [3.8, 4) is 22.6 Å². The van der Waals surface area contributed by atoms with Gasteiger partial charge in [-0.1, -0.05) is 36.4 Å². The lowest BCUT2D eigenvalue weighted by Crippen LogP contribution is -2.39. The van der Waals surface area contributed by atoms with Gasteiger partial charge in [0, 0.05) is 30.2 Å². The Morgan fingerprint density at radius 2 is 1.93 bits per heavy atom. The van der Waals surface area contributed by atoms with Gasteiger partial charge in [0.25, 0.3) is 0 Å². The third-order valence-corrected chi connectivity index (χ3v) is 6.79. The molecule has 1 unspecified atom stereocenters. The van der Waals surface area contributed by atoms with Crippen molar-refractivity contribution in [1.82, 2.24) is 15.0 Å². The van der Waals surface area contributed by atoms with Crippen LogP contribution < -0.4 is 4.90 Å². The highest BCUT2D eigenvalue weighted by Gasteiger charge is 2.26. The van der Waals surface area contributed by atoms with E-state index in [1.54, 1.807) is 17.5 Å². The number of fused-ring (bicyclic) bond motifs is 1. The van der Waals surface area contributed by atoms with E-state index in [0.29, 0.717) is 5.82 Å². The van der Waals surface area contributed by atoms with Crippen LogP contribution in [0.3, 0.4) is 0 Å². The summed E-state index contributed by atoms with van der Waals surface area (Å²) in [4.78, 5) is 17.7. The summed E-state index contributed by atoms with van der Waals surface area (Å²) in [6, 6.07) is 16.3. The molecule has 7 heteroatoms. The van der Waals surface area contributed by atoms with Crippen molar-refractivity contribution in [3.63, 3.8) is 0 Å². The Morgan fingerprint density at radius 3 is 2.72 bits per heavy atom. The smallest absolute Gasteiger partial charge is 0.181 e. The Hall–Kier alpha value is -2.10. The molecule has 5 nitrogen and oxygen atoms in total. The number of hydrogen-bond donors (Lipinski definition) is 0. The maximum atomic E-state index is 5.64. The number of nitrogens with zero attached hydrogens (tertiary/aromatic N) is 4. The standard InChI is InChI=1S/C22H19IN4OS/c23-28-16-9-6-12-27(13-16)21-19-17(15-7-2-1-3-8-15)14-29-22(19)26-20(25-21)18-10-4-5-11-24-18/h1-5,7-8,10-11,14,16H,6,9,12-13H2. The van der Waals surface area contributed by atoms with E-state index >= 15 is 0 Å². The first-order valence-corrected chi connectivity index (χ1v) is 11.4. The summed E-state index contributed by atoms with van der Waals surface area (Å²) in [5.41, 5.74) is 3.17. The molecular formula is C22H19IN4OS. The van der Waals surface area contributed by atoms with E-state index in [9.17, 15) is 0 Å². The molecule has 5 rings (SSSR count). The van der Waals surface area contributed by atoms with Crippen molar-refractivity contribution in [2.45, 2.75) is 18.9 Å². The van der Waals surface area contributed by atoms with Crippen LogP contribution in [0.25, 0.3) is 32.9 Å². The normalized spacial score (nSPS) is 17.0. The van der Waals surface area contributed by atoms with Crippen LogP contribution in [0, 0.1) is 0 Å². The summed E-state index contributed by atoms with van der Waals surface area (Å²) in [7, 11) is 0. The van der Waals surface area contributed by atoms with Gasteiger partial charge in [-0.05, 0) is 30.5 Å². The largest absolute Gasteiger partial charge is 0.353 e. The zero-order valence-corrected chi connectivity index (χ0v) is 18.6. The van der Waals surface area contributed by atoms with Crippen molar-refractivity contribution in [1.29, 1.82) is 0 Å². The predicted molar refractivity (Wildman–Crippen MR) is 126 cm³/mol. The third-order valence-electron chi connectivity index (χ3n) is 5.20. The van der Waals surface area contributed by atoms with Gasteiger partial charge in [0.05, 0.1) is 11.5 Å². The quantitative estimate of drug-likeness (QED) is 0.325. The molecule has 4 heterocycles. The molecule has 0 saturated carbocycles. The number of pyridine rings is 1. The number of rotatable bonds is 4. The van der Waals surface area contributed by atoms with E-state index < -0.39 is 0 Å². The molecule has 0 N–H and O–H groups in total. The van der Waals surface area contributed by atoms with Gasteiger partial charge in [0.2, 0.25) is 0 Å². The Morgan fingerprint density at radius 1 is 1.07 bits per heavy atom. The van der Waals surface area contributed by atoms with Crippen LogP contribution in [-0.2, 0) is 3.07 Å². The molecule has 0 amide bonds. The van der Waals surface area contributed by atoms with E-state index in [0.717, 1.165) is 47.7 Å². The number of anilines is 1. The molecule has 3 aromatic heterocycles. The first kappa shape index (κ1) is 18.9. The van der Waals surface area contributed by atoms with Gasteiger partial charge in [-0.25, -0.2) is 9.97 Å². The first-order chi connectivity index (χ1) is 14.3. The number of hydrogen-bond acceptors (Lipinski definition) is 6. The zero-order valence-electron chi connectivity index (χ0n) is 15.7. The fourth-order valence-corrected chi connectivity index (χ4v) is 5.15. The second-order valence-corrected chi connectivity index (χ2v) is 8.45. The maximum Gasteiger partial charge on any atom is 0.181 e. The minimum Gasteiger partial charge on any atom is -0.353 e. The van der Waals surface area contributed by atoms with Crippen molar-refractivity contribution in [3.05, 3.63) is 60.1 Å². The molecule has 0 spiro atoms. The van der Waals surface area contributed by atoms with Crippen LogP contribution in [0.2, 0.25) is 0 Å². The van der Waals surface area contributed by atoms with Gasteiger partial charge in [-0.15, -0.1) is 11.3 Å². The van der Waals surface area contributed by atoms with Crippen LogP contribution in [0.1, 0.15) is 12.8 Å². The molecule has 146 valence electrons. The summed E-state index contributed by atoms with van der Waals surface area (Å²) >= 11 is 3.68. The second kappa shape index (κ2) is 8.33. The molecule has 1 fully saturated rings. The summed E-state index contributed by atoms with van der Waals surface area (Å²) in [5, 5.41) is 3.31. The van der Waals surface area contributed by atoms with Crippen LogP contribution in [-0.4, -0.2) is 34.1 Å². The molecular weight excluding hydrogens is 495 g/mol. The average molecular weight is 514 g/mol. The van der Waals surface area contributed by atoms with E-state index in [1.165, 1.54) is 11.1 Å². The van der Waals surface area contributed by atoms with Gasteiger partial charge >= 0.3 is 0 Å². The van der Waals surface area contributed by atoms with Crippen molar-refractivity contribution in [2.75, 3.05) is 18.0 Å². The fourth-order valence-electron chi connectivity index (χ4n) is 3.80. The Kier molecular flexibility index (Phi) is 5.43. The lowest BCUT2D eigenvalue weighted by Gasteiger charge is -2.32. The zero-order chi connectivity index (χ0) is 19.6. The molecule has 1 atom stereocenters. The number of piperidine rings is 1. The molecule has 1 aromatic carbocycles. The number of halogens is 1. The molecule has 0 radical (unpaired) electrons. The Balaban J connectivity index is 1.71. The van der Waals surface area contributed by atoms with E-state index in [2.05, 4.69) is 39.5 Å². The lowest BCUT2D eigenvalue weighted by molar-refractivity contribution is 0.246. The van der Waals surface area contributed by atoms with Gasteiger partial charge in [0.1, 0.15) is 39.3 Å². The Bertz CT molecular complexity index is 1120. The second-order valence-electron chi connectivity index (χ2n) is 7.08. The molecule has 0 aliphatic carbocycles. The van der Waals surface area contributed by atoms with Gasteiger partial charge in [0.15, 0.2) is 5.82 Å². The van der Waals surface area contributed by atoms with E-state index in [1.807, 2.05) is 47.3 Å². The molecule has 1 saturated heterocycles. The highest BCUT2D eigenvalue weighted by molar-refractivity contribution is 14.1. The first-order valence-electron chi connectivity index (χ1n) is 9.62. The highest BCUT2D eigenvalue weighted by Crippen LogP contribution is 2.40. The molecule has 29 heavy (non-hydrogen) atoms. The summed E-state index contributed by atoms with van der Waals surface area (Å²) < 4.78 is 5.64.